The third kappa shape index (κ3) is 2.13. The van der Waals surface area contributed by atoms with Crippen LogP contribution in [0.4, 0.5) is 0 Å². The number of aromatic nitrogens is 2. The van der Waals surface area contributed by atoms with Crippen LogP contribution in [-0.2, 0) is 13.6 Å². The summed E-state index contributed by atoms with van der Waals surface area (Å²) in [5, 5.41) is 0.708. The van der Waals surface area contributed by atoms with E-state index < -0.39 is 0 Å². The van der Waals surface area contributed by atoms with Gasteiger partial charge in [-0.3, -0.25) is 4.57 Å². The molecule has 0 aliphatic rings. The van der Waals surface area contributed by atoms with Crippen molar-refractivity contribution in [1.82, 2.24) is 9.13 Å². The molecule has 78 valence electrons. The van der Waals surface area contributed by atoms with Crippen LogP contribution in [0.25, 0.3) is 0 Å². The molecule has 0 radical (unpaired) electrons. The summed E-state index contributed by atoms with van der Waals surface area (Å²) in [5.41, 5.74) is 1.05. The largest absolute Gasteiger partial charge is 0.328 e. The lowest BCUT2D eigenvalue weighted by atomic mass is 10.2. The Bertz CT molecular complexity index is 510. The summed E-state index contributed by atoms with van der Waals surface area (Å²) in [7, 11) is 1.74. The van der Waals surface area contributed by atoms with E-state index in [1.807, 2.05) is 24.3 Å². The first-order valence-corrected chi connectivity index (χ1v) is 5.01. The summed E-state index contributed by atoms with van der Waals surface area (Å²) in [6.45, 7) is 0.580. The predicted octanol–water partition coefficient (Wildman–Crippen LogP) is 1.89. The van der Waals surface area contributed by atoms with E-state index in [9.17, 15) is 4.79 Å². The molecule has 0 atom stereocenters. The highest BCUT2D eigenvalue weighted by Crippen LogP contribution is 2.09. The van der Waals surface area contributed by atoms with Crippen molar-refractivity contribution in [3.05, 3.63) is 57.7 Å². The van der Waals surface area contributed by atoms with E-state index in [0.717, 1.165) is 5.56 Å². The van der Waals surface area contributed by atoms with Gasteiger partial charge in [-0.05, 0) is 17.7 Å². The molecule has 2 rings (SSSR count). The zero-order valence-corrected chi connectivity index (χ0v) is 9.11. The Morgan fingerprint density at radius 2 is 1.87 bits per heavy atom. The number of hydrogen-bond acceptors (Lipinski definition) is 1. The minimum absolute atomic E-state index is 0.00931. The molecule has 0 aliphatic carbocycles. The summed E-state index contributed by atoms with van der Waals surface area (Å²) >= 11 is 5.78. The lowest BCUT2D eigenvalue weighted by Crippen LogP contribution is -2.22. The minimum Gasteiger partial charge on any atom is -0.302 e. The smallest absolute Gasteiger partial charge is 0.302 e. The number of benzene rings is 1. The Labute approximate surface area is 92.5 Å². The SMILES string of the molecule is Cn1ccn(Cc2ccc(Cl)cc2)c1=O. The molecule has 0 bridgehead atoms. The fourth-order valence-electron chi connectivity index (χ4n) is 1.42. The van der Waals surface area contributed by atoms with Gasteiger partial charge < -0.3 is 4.57 Å². The van der Waals surface area contributed by atoms with E-state index in [-0.39, 0.29) is 5.69 Å². The van der Waals surface area contributed by atoms with E-state index in [1.165, 1.54) is 0 Å². The summed E-state index contributed by atoms with van der Waals surface area (Å²) in [5.74, 6) is 0. The van der Waals surface area contributed by atoms with Crippen LogP contribution in [0.3, 0.4) is 0 Å². The lowest BCUT2D eigenvalue weighted by molar-refractivity contribution is 0.718. The Morgan fingerprint density at radius 1 is 1.20 bits per heavy atom. The zero-order valence-electron chi connectivity index (χ0n) is 8.35. The molecular formula is C11H11ClN2O. The van der Waals surface area contributed by atoms with Crippen molar-refractivity contribution in [2.75, 3.05) is 0 Å². The molecule has 0 N–H and O–H groups in total. The van der Waals surface area contributed by atoms with Crippen LogP contribution in [0, 0.1) is 0 Å². The third-order valence-electron chi connectivity index (χ3n) is 2.28. The topological polar surface area (TPSA) is 26.9 Å². The van der Waals surface area contributed by atoms with Crippen molar-refractivity contribution < 1.29 is 0 Å². The monoisotopic (exact) mass is 222 g/mol. The molecule has 3 nitrogen and oxygen atoms in total. The van der Waals surface area contributed by atoms with Crippen molar-refractivity contribution >= 4 is 11.6 Å². The molecule has 2 aromatic rings. The van der Waals surface area contributed by atoms with Gasteiger partial charge in [0.2, 0.25) is 0 Å². The van der Waals surface area contributed by atoms with Crippen molar-refractivity contribution in [3.8, 4) is 0 Å². The van der Waals surface area contributed by atoms with Gasteiger partial charge in [0.25, 0.3) is 0 Å². The van der Waals surface area contributed by atoms with Crippen LogP contribution in [0.2, 0.25) is 5.02 Å². The summed E-state index contributed by atoms with van der Waals surface area (Å²) < 4.78 is 3.21. The molecule has 1 aromatic carbocycles. The van der Waals surface area contributed by atoms with Gasteiger partial charge in [0.1, 0.15) is 0 Å². The second-order valence-electron chi connectivity index (χ2n) is 3.45. The predicted molar refractivity (Wildman–Crippen MR) is 60.2 cm³/mol. The van der Waals surface area contributed by atoms with Gasteiger partial charge in [-0.1, -0.05) is 23.7 Å². The van der Waals surface area contributed by atoms with Crippen LogP contribution >= 0.6 is 11.6 Å². The maximum Gasteiger partial charge on any atom is 0.328 e. The molecule has 0 saturated carbocycles. The number of halogens is 1. The maximum atomic E-state index is 11.5. The van der Waals surface area contributed by atoms with Crippen LogP contribution in [0.1, 0.15) is 5.56 Å². The highest BCUT2D eigenvalue weighted by atomic mass is 35.5. The Balaban J connectivity index is 2.26. The molecule has 0 unspecified atom stereocenters. The highest BCUT2D eigenvalue weighted by molar-refractivity contribution is 6.30. The molecule has 0 saturated heterocycles. The van der Waals surface area contributed by atoms with Crippen LogP contribution < -0.4 is 5.69 Å². The molecule has 4 heteroatoms. The van der Waals surface area contributed by atoms with Gasteiger partial charge in [0, 0.05) is 24.5 Å². The molecule has 1 aromatic heterocycles. The van der Waals surface area contributed by atoms with Gasteiger partial charge in [-0.25, -0.2) is 4.79 Å². The molecule has 0 spiro atoms. The number of aryl methyl sites for hydroxylation is 1. The zero-order chi connectivity index (χ0) is 10.8. The van der Waals surface area contributed by atoms with Gasteiger partial charge >= 0.3 is 5.69 Å². The number of nitrogens with zero attached hydrogens (tertiary/aromatic N) is 2. The fraction of sp³-hybridized carbons (Fsp3) is 0.182. The maximum absolute atomic E-state index is 11.5. The van der Waals surface area contributed by atoms with Crippen LogP contribution in [0.15, 0.2) is 41.5 Å². The summed E-state index contributed by atoms with van der Waals surface area (Å²) in [6.07, 6.45) is 3.52. The second kappa shape index (κ2) is 3.95. The van der Waals surface area contributed by atoms with Crippen molar-refractivity contribution in [1.29, 1.82) is 0 Å². The molecule has 15 heavy (non-hydrogen) atoms. The number of hydrogen-bond donors (Lipinski definition) is 0. The van der Waals surface area contributed by atoms with E-state index in [2.05, 4.69) is 0 Å². The van der Waals surface area contributed by atoms with Crippen LogP contribution in [-0.4, -0.2) is 9.13 Å². The Kier molecular flexibility index (Phi) is 2.64. The van der Waals surface area contributed by atoms with Gasteiger partial charge in [-0.15, -0.1) is 0 Å². The quantitative estimate of drug-likeness (QED) is 0.763. The normalized spacial score (nSPS) is 10.5. The van der Waals surface area contributed by atoms with E-state index in [1.54, 1.807) is 28.6 Å². The minimum atomic E-state index is -0.00931. The van der Waals surface area contributed by atoms with Crippen molar-refractivity contribution in [2.45, 2.75) is 6.54 Å². The molecular weight excluding hydrogens is 212 g/mol. The second-order valence-corrected chi connectivity index (χ2v) is 3.88. The van der Waals surface area contributed by atoms with Gasteiger partial charge in [0.05, 0.1) is 6.54 Å². The average Bonchev–Trinajstić information content (AvgIpc) is 2.53. The number of rotatable bonds is 2. The van der Waals surface area contributed by atoms with Crippen molar-refractivity contribution in [2.24, 2.45) is 7.05 Å². The molecule has 0 aliphatic heterocycles. The average molecular weight is 223 g/mol. The van der Waals surface area contributed by atoms with E-state index in [0.29, 0.717) is 11.6 Å². The Morgan fingerprint density at radius 3 is 2.40 bits per heavy atom. The molecule has 0 fully saturated rings. The number of imidazole rings is 1. The Hall–Kier alpha value is -1.48. The first-order chi connectivity index (χ1) is 7.16. The first-order valence-electron chi connectivity index (χ1n) is 4.63. The fourth-order valence-corrected chi connectivity index (χ4v) is 1.54. The lowest BCUT2D eigenvalue weighted by Gasteiger charge is -2.01. The summed E-state index contributed by atoms with van der Waals surface area (Å²) in [6, 6.07) is 7.49. The van der Waals surface area contributed by atoms with Gasteiger partial charge in [-0.2, -0.15) is 0 Å². The first kappa shape index (κ1) is 10.1. The van der Waals surface area contributed by atoms with Crippen molar-refractivity contribution in [3.63, 3.8) is 0 Å². The van der Waals surface area contributed by atoms with E-state index in [4.69, 9.17) is 11.6 Å². The third-order valence-corrected chi connectivity index (χ3v) is 2.54. The van der Waals surface area contributed by atoms with E-state index >= 15 is 0 Å². The summed E-state index contributed by atoms with van der Waals surface area (Å²) in [4.78, 5) is 11.5. The molecule has 1 heterocycles. The highest BCUT2D eigenvalue weighted by Gasteiger charge is 2.00. The standard InChI is InChI=1S/C11H11ClN2O/c1-13-6-7-14(11(13)15)8-9-2-4-10(12)5-3-9/h2-7H,8H2,1H3. The molecule has 0 amide bonds. The van der Waals surface area contributed by atoms with Gasteiger partial charge in [0.15, 0.2) is 0 Å². The van der Waals surface area contributed by atoms with Crippen LogP contribution in [0.5, 0.6) is 0 Å².